The van der Waals surface area contributed by atoms with Crippen LogP contribution in [0, 0.1) is 10.1 Å². The molecule has 0 saturated carbocycles. The summed E-state index contributed by atoms with van der Waals surface area (Å²) in [5, 5.41) is 23.3. The molecule has 1 amide bonds. The summed E-state index contributed by atoms with van der Waals surface area (Å²) in [4.78, 5) is 21.9. The number of hydrogen-bond acceptors (Lipinski definition) is 4. The van der Waals surface area contributed by atoms with E-state index in [1.54, 1.807) is 24.3 Å². The summed E-state index contributed by atoms with van der Waals surface area (Å²) in [6, 6.07) is 10.2. The molecule has 2 aromatic carbocycles. The van der Waals surface area contributed by atoms with Gasteiger partial charge in [-0.15, -0.1) is 0 Å². The molecule has 2 rings (SSSR count). The van der Waals surface area contributed by atoms with Crippen LogP contribution in [0.5, 0.6) is 5.75 Å². The minimum Gasteiger partial charge on any atom is -0.506 e. The van der Waals surface area contributed by atoms with Crippen LogP contribution in [0.25, 0.3) is 0 Å². The molecule has 21 heavy (non-hydrogen) atoms. The Bertz CT molecular complexity index is 686. The van der Waals surface area contributed by atoms with E-state index in [2.05, 4.69) is 5.32 Å². The van der Waals surface area contributed by atoms with Crippen LogP contribution in [0.15, 0.2) is 42.5 Å². The minimum absolute atomic E-state index is 0.00293. The van der Waals surface area contributed by atoms with E-state index in [9.17, 15) is 20.0 Å². The Morgan fingerprint density at radius 2 is 1.90 bits per heavy atom. The summed E-state index contributed by atoms with van der Waals surface area (Å²) < 4.78 is 0. The van der Waals surface area contributed by atoms with Crippen LogP contribution in [-0.2, 0) is 11.2 Å². The molecular formula is C14H11ClN2O4. The number of rotatable bonds is 4. The zero-order valence-corrected chi connectivity index (χ0v) is 11.5. The number of phenolic OH excluding ortho intramolecular Hbond substituents is 1. The minimum atomic E-state index is -0.603. The molecule has 108 valence electrons. The molecule has 2 N–H and O–H groups in total. The fourth-order valence-corrected chi connectivity index (χ4v) is 1.85. The van der Waals surface area contributed by atoms with Crippen molar-refractivity contribution in [3.05, 3.63) is 63.2 Å². The van der Waals surface area contributed by atoms with Crippen LogP contribution in [0.2, 0.25) is 5.02 Å². The Balaban J connectivity index is 2.10. The standard InChI is InChI=1S/C14H11ClN2O4/c15-10-3-1-9(2-4-10)7-14(19)16-12-8-11(17(20)21)5-6-13(12)18/h1-6,8,18H,7H2,(H,16,19). The lowest BCUT2D eigenvalue weighted by atomic mass is 10.1. The summed E-state index contributed by atoms with van der Waals surface area (Å²) in [5.74, 6) is -0.627. The number of amides is 1. The Kier molecular flexibility index (Phi) is 4.39. The van der Waals surface area contributed by atoms with Gasteiger partial charge >= 0.3 is 0 Å². The summed E-state index contributed by atoms with van der Waals surface area (Å²) in [6.45, 7) is 0. The third kappa shape index (κ3) is 3.93. The molecule has 0 fully saturated rings. The number of benzene rings is 2. The lowest BCUT2D eigenvalue weighted by Crippen LogP contribution is -2.14. The van der Waals surface area contributed by atoms with Gasteiger partial charge in [0.15, 0.2) is 0 Å². The van der Waals surface area contributed by atoms with Gasteiger partial charge in [0.2, 0.25) is 5.91 Å². The summed E-state index contributed by atoms with van der Waals surface area (Å²) in [7, 11) is 0. The van der Waals surface area contributed by atoms with E-state index in [0.717, 1.165) is 23.8 Å². The molecule has 0 aliphatic heterocycles. The first-order valence-corrected chi connectivity index (χ1v) is 6.35. The normalized spacial score (nSPS) is 10.1. The van der Waals surface area contributed by atoms with Crippen LogP contribution in [0.3, 0.4) is 0 Å². The number of nitrogens with one attached hydrogen (secondary N) is 1. The van der Waals surface area contributed by atoms with Gasteiger partial charge in [0.05, 0.1) is 17.0 Å². The number of halogens is 1. The molecule has 0 saturated heterocycles. The van der Waals surface area contributed by atoms with E-state index >= 15 is 0 Å². The van der Waals surface area contributed by atoms with E-state index in [-0.39, 0.29) is 23.5 Å². The van der Waals surface area contributed by atoms with Crippen LogP contribution < -0.4 is 5.32 Å². The van der Waals surface area contributed by atoms with Crippen molar-refractivity contribution in [3.63, 3.8) is 0 Å². The van der Waals surface area contributed by atoms with Crippen molar-refractivity contribution >= 4 is 28.9 Å². The Morgan fingerprint density at radius 3 is 2.52 bits per heavy atom. The zero-order valence-electron chi connectivity index (χ0n) is 10.7. The molecule has 0 atom stereocenters. The summed E-state index contributed by atoms with van der Waals surface area (Å²) in [6.07, 6.45) is 0.0688. The van der Waals surface area contributed by atoms with Crippen molar-refractivity contribution in [2.75, 3.05) is 5.32 Å². The number of nitro groups is 1. The van der Waals surface area contributed by atoms with E-state index in [1.807, 2.05) is 0 Å². The molecule has 0 spiro atoms. The largest absolute Gasteiger partial charge is 0.506 e. The maximum atomic E-state index is 11.9. The van der Waals surface area contributed by atoms with Gasteiger partial charge in [0, 0.05) is 17.2 Å². The lowest BCUT2D eigenvalue weighted by molar-refractivity contribution is -0.384. The van der Waals surface area contributed by atoms with Crippen LogP contribution in [-0.4, -0.2) is 15.9 Å². The summed E-state index contributed by atoms with van der Waals surface area (Å²) >= 11 is 5.75. The van der Waals surface area contributed by atoms with E-state index in [4.69, 9.17) is 11.6 Å². The van der Waals surface area contributed by atoms with Crippen molar-refractivity contribution in [2.45, 2.75) is 6.42 Å². The van der Waals surface area contributed by atoms with Gasteiger partial charge in [0.1, 0.15) is 5.75 Å². The molecule has 0 aliphatic rings. The van der Waals surface area contributed by atoms with E-state index in [0.29, 0.717) is 5.02 Å². The smallest absolute Gasteiger partial charge is 0.271 e. The summed E-state index contributed by atoms with van der Waals surface area (Å²) in [5.41, 5.74) is 0.527. The second-order valence-electron chi connectivity index (χ2n) is 4.31. The first-order valence-electron chi connectivity index (χ1n) is 5.97. The maximum absolute atomic E-state index is 11.9. The SMILES string of the molecule is O=C(Cc1ccc(Cl)cc1)Nc1cc([N+](=O)[O-])ccc1O. The fourth-order valence-electron chi connectivity index (χ4n) is 1.72. The number of carbonyl (C=O) groups is 1. The predicted octanol–water partition coefficient (Wildman–Crippen LogP) is 3.14. The molecule has 7 heteroatoms. The van der Waals surface area contributed by atoms with Crippen molar-refractivity contribution in [2.24, 2.45) is 0 Å². The van der Waals surface area contributed by atoms with Crippen LogP contribution in [0.1, 0.15) is 5.56 Å². The highest BCUT2D eigenvalue weighted by atomic mass is 35.5. The number of nitro benzene ring substituents is 1. The van der Waals surface area contributed by atoms with Crippen molar-refractivity contribution in [1.82, 2.24) is 0 Å². The van der Waals surface area contributed by atoms with Crippen molar-refractivity contribution < 1.29 is 14.8 Å². The number of hydrogen-bond donors (Lipinski definition) is 2. The highest BCUT2D eigenvalue weighted by Crippen LogP contribution is 2.27. The monoisotopic (exact) mass is 306 g/mol. The fraction of sp³-hybridized carbons (Fsp3) is 0.0714. The van der Waals surface area contributed by atoms with Gasteiger partial charge in [-0.3, -0.25) is 14.9 Å². The maximum Gasteiger partial charge on any atom is 0.271 e. The number of aromatic hydroxyl groups is 1. The Morgan fingerprint density at radius 1 is 1.24 bits per heavy atom. The van der Waals surface area contributed by atoms with Gasteiger partial charge in [-0.05, 0) is 23.8 Å². The Hall–Kier alpha value is -2.60. The number of carbonyl (C=O) groups excluding carboxylic acids is 1. The van der Waals surface area contributed by atoms with E-state index < -0.39 is 10.8 Å². The lowest BCUT2D eigenvalue weighted by Gasteiger charge is -2.07. The highest BCUT2D eigenvalue weighted by Gasteiger charge is 2.13. The molecule has 2 aromatic rings. The average molecular weight is 307 g/mol. The van der Waals surface area contributed by atoms with Gasteiger partial charge in [-0.2, -0.15) is 0 Å². The molecule has 0 bridgehead atoms. The molecule has 6 nitrogen and oxygen atoms in total. The van der Waals surface area contributed by atoms with Gasteiger partial charge in [-0.1, -0.05) is 23.7 Å². The third-order valence-corrected chi connectivity index (χ3v) is 2.99. The van der Waals surface area contributed by atoms with Gasteiger partial charge in [0.25, 0.3) is 5.69 Å². The Labute approximate surface area is 125 Å². The third-order valence-electron chi connectivity index (χ3n) is 2.74. The van der Waals surface area contributed by atoms with Crippen molar-refractivity contribution in [1.29, 1.82) is 0 Å². The van der Waals surface area contributed by atoms with Gasteiger partial charge in [-0.25, -0.2) is 0 Å². The van der Waals surface area contributed by atoms with Crippen LogP contribution >= 0.6 is 11.6 Å². The molecule has 0 heterocycles. The second kappa shape index (κ2) is 6.23. The number of anilines is 1. The predicted molar refractivity (Wildman–Crippen MR) is 78.5 cm³/mol. The quantitative estimate of drug-likeness (QED) is 0.515. The average Bonchev–Trinajstić information content (AvgIpc) is 2.43. The first-order chi connectivity index (χ1) is 9.95. The number of nitrogens with zero attached hydrogens (tertiary/aromatic N) is 1. The molecule has 0 unspecified atom stereocenters. The number of phenols is 1. The number of non-ortho nitro benzene ring substituents is 1. The second-order valence-corrected chi connectivity index (χ2v) is 4.75. The molecule has 0 aromatic heterocycles. The van der Waals surface area contributed by atoms with Crippen molar-refractivity contribution in [3.8, 4) is 5.75 Å². The highest BCUT2D eigenvalue weighted by molar-refractivity contribution is 6.30. The van der Waals surface area contributed by atoms with Crippen LogP contribution in [0.4, 0.5) is 11.4 Å². The molecule has 0 aliphatic carbocycles. The topological polar surface area (TPSA) is 92.5 Å². The van der Waals surface area contributed by atoms with Gasteiger partial charge < -0.3 is 10.4 Å². The van der Waals surface area contributed by atoms with E-state index in [1.165, 1.54) is 0 Å². The zero-order chi connectivity index (χ0) is 15.4. The molecule has 0 radical (unpaired) electrons. The first kappa shape index (κ1) is 14.8. The molecular weight excluding hydrogens is 296 g/mol.